The van der Waals surface area contributed by atoms with E-state index >= 15 is 0 Å². The topological polar surface area (TPSA) is 42.0 Å². The summed E-state index contributed by atoms with van der Waals surface area (Å²) in [6.07, 6.45) is 4.70. The van der Waals surface area contributed by atoms with Gasteiger partial charge in [-0.15, -0.1) is 0 Å². The Labute approximate surface area is 85.7 Å². The zero-order valence-electron chi connectivity index (χ0n) is 7.38. The van der Waals surface area contributed by atoms with Crippen LogP contribution in [0.15, 0.2) is 22.9 Å². The second-order valence-electron chi connectivity index (χ2n) is 2.69. The van der Waals surface area contributed by atoms with E-state index in [0.29, 0.717) is 6.42 Å². The van der Waals surface area contributed by atoms with E-state index in [1.807, 2.05) is 13.0 Å². The van der Waals surface area contributed by atoms with E-state index in [2.05, 4.69) is 26.2 Å². The molecular formula is C9H11BrN2O. The predicted octanol–water partition coefficient (Wildman–Crippen LogP) is 2.58. The Balaban J connectivity index is 2.58. The first-order valence-corrected chi connectivity index (χ1v) is 4.92. The standard InChI is InChI=1S/C9H11BrN2O/c1-2-3-9(13)12-8-4-7(10)5-11-6-8/h4-6H,2-3H2,1H3,(H,12,13). The van der Waals surface area contributed by atoms with Crippen LogP contribution in [0.1, 0.15) is 19.8 Å². The maximum Gasteiger partial charge on any atom is 0.224 e. The molecule has 0 unspecified atom stereocenters. The lowest BCUT2D eigenvalue weighted by Crippen LogP contribution is -2.10. The summed E-state index contributed by atoms with van der Waals surface area (Å²) < 4.78 is 0.863. The molecule has 0 aliphatic rings. The Morgan fingerprint density at radius 1 is 1.62 bits per heavy atom. The van der Waals surface area contributed by atoms with Gasteiger partial charge in [0.05, 0.1) is 11.9 Å². The fraction of sp³-hybridized carbons (Fsp3) is 0.333. The third-order valence-corrected chi connectivity index (χ3v) is 1.90. The third kappa shape index (κ3) is 3.55. The lowest BCUT2D eigenvalue weighted by atomic mass is 10.3. The number of aromatic nitrogens is 1. The van der Waals surface area contributed by atoms with Crippen molar-refractivity contribution in [3.63, 3.8) is 0 Å². The Kier molecular flexibility index (Phi) is 3.89. The normalized spacial score (nSPS) is 9.69. The highest BCUT2D eigenvalue weighted by molar-refractivity contribution is 9.10. The number of halogens is 1. The molecule has 4 heteroatoms. The summed E-state index contributed by atoms with van der Waals surface area (Å²) >= 11 is 3.28. The van der Waals surface area contributed by atoms with E-state index in [1.54, 1.807) is 12.4 Å². The summed E-state index contributed by atoms with van der Waals surface area (Å²) in [7, 11) is 0. The number of hydrogen-bond donors (Lipinski definition) is 1. The van der Waals surface area contributed by atoms with Gasteiger partial charge >= 0.3 is 0 Å². The summed E-state index contributed by atoms with van der Waals surface area (Å²) in [6.45, 7) is 1.97. The van der Waals surface area contributed by atoms with Gasteiger partial charge in [-0.1, -0.05) is 6.92 Å². The monoisotopic (exact) mass is 242 g/mol. The molecule has 3 nitrogen and oxygen atoms in total. The van der Waals surface area contributed by atoms with Crippen molar-refractivity contribution in [1.29, 1.82) is 0 Å². The number of amides is 1. The highest BCUT2D eigenvalue weighted by atomic mass is 79.9. The van der Waals surface area contributed by atoms with Crippen LogP contribution in [-0.2, 0) is 4.79 Å². The van der Waals surface area contributed by atoms with Crippen LogP contribution in [0.4, 0.5) is 5.69 Å². The molecule has 1 aromatic heterocycles. The molecule has 0 bridgehead atoms. The first-order chi connectivity index (χ1) is 6.22. The van der Waals surface area contributed by atoms with Gasteiger partial charge in [0.1, 0.15) is 0 Å². The first kappa shape index (κ1) is 10.2. The van der Waals surface area contributed by atoms with E-state index in [-0.39, 0.29) is 5.91 Å². The number of rotatable bonds is 3. The van der Waals surface area contributed by atoms with Crippen molar-refractivity contribution >= 4 is 27.5 Å². The largest absolute Gasteiger partial charge is 0.325 e. The maximum absolute atomic E-state index is 11.2. The average Bonchev–Trinajstić information content (AvgIpc) is 2.04. The second-order valence-corrected chi connectivity index (χ2v) is 3.61. The summed E-state index contributed by atoms with van der Waals surface area (Å²) in [5.74, 6) is 0.0300. The summed E-state index contributed by atoms with van der Waals surface area (Å²) in [5, 5.41) is 2.75. The minimum Gasteiger partial charge on any atom is -0.325 e. The average molecular weight is 243 g/mol. The smallest absolute Gasteiger partial charge is 0.224 e. The summed E-state index contributed by atoms with van der Waals surface area (Å²) in [6, 6.07) is 1.82. The van der Waals surface area contributed by atoms with Gasteiger partial charge in [0.25, 0.3) is 0 Å². The molecule has 1 aromatic rings. The number of anilines is 1. The first-order valence-electron chi connectivity index (χ1n) is 4.12. The van der Waals surface area contributed by atoms with Gasteiger partial charge in [0, 0.05) is 17.1 Å². The quantitative estimate of drug-likeness (QED) is 0.886. The minimum absolute atomic E-state index is 0.0300. The predicted molar refractivity (Wildman–Crippen MR) is 55.5 cm³/mol. The molecule has 0 saturated carbocycles. The zero-order chi connectivity index (χ0) is 9.68. The molecular weight excluding hydrogens is 232 g/mol. The molecule has 0 atom stereocenters. The number of carbonyl (C=O) groups excluding carboxylic acids is 1. The molecule has 0 spiro atoms. The van der Waals surface area contributed by atoms with E-state index in [0.717, 1.165) is 16.6 Å². The third-order valence-electron chi connectivity index (χ3n) is 1.47. The highest BCUT2D eigenvalue weighted by Gasteiger charge is 2.00. The van der Waals surface area contributed by atoms with Crippen LogP contribution in [0.3, 0.4) is 0 Å². The number of carbonyl (C=O) groups is 1. The minimum atomic E-state index is 0.0300. The molecule has 13 heavy (non-hydrogen) atoms. The van der Waals surface area contributed by atoms with E-state index in [1.165, 1.54) is 0 Å². The fourth-order valence-corrected chi connectivity index (χ4v) is 1.30. The lowest BCUT2D eigenvalue weighted by Gasteiger charge is -2.03. The van der Waals surface area contributed by atoms with Gasteiger partial charge in [0.15, 0.2) is 0 Å². The van der Waals surface area contributed by atoms with Crippen molar-refractivity contribution < 1.29 is 4.79 Å². The lowest BCUT2D eigenvalue weighted by molar-refractivity contribution is -0.116. The number of hydrogen-bond acceptors (Lipinski definition) is 2. The van der Waals surface area contributed by atoms with Gasteiger partial charge in [-0.05, 0) is 28.4 Å². The van der Waals surface area contributed by atoms with Gasteiger partial charge < -0.3 is 5.32 Å². The number of pyridine rings is 1. The van der Waals surface area contributed by atoms with Gasteiger partial charge in [-0.3, -0.25) is 9.78 Å². The molecule has 0 aliphatic carbocycles. The van der Waals surface area contributed by atoms with Gasteiger partial charge in [-0.25, -0.2) is 0 Å². The van der Waals surface area contributed by atoms with Crippen LogP contribution in [-0.4, -0.2) is 10.9 Å². The fourth-order valence-electron chi connectivity index (χ4n) is 0.931. The van der Waals surface area contributed by atoms with Crippen LogP contribution >= 0.6 is 15.9 Å². The molecule has 0 aromatic carbocycles. The molecule has 0 saturated heterocycles. The Hall–Kier alpha value is -0.900. The maximum atomic E-state index is 11.2. The number of nitrogens with zero attached hydrogens (tertiary/aromatic N) is 1. The van der Waals surface area contributed by atoms with Gasteiger partial charge in [-0.2, -0.15) is 0 Å². The molecule has 1 heterocycles. The van der Waals surface area contributed by atoms with Crippen molar-refractivity contribution in [2.75, 3.05) is 5.32 Å². The Bertz CT molecular complexity index is 301. The van der Waals surface area contributed by atoms with E-state index in [9.17, 15) is 4.79 Å². The zero-order valence-corrected chi connectivity index (χ0v) is 8.97. The second kappa shape index (κ2) is 4.97. The van der Waals surface area contributed by atoms with Crippen LogP contribution in [0.25, 0.3) is 0 Å². The number of nitrogens with one attached hydrogen (secondary N) is 1. The van der Waals surface area contributed by atoms with Crippen LogP contribution in [0, 0.1) is 0 Å². The van der Waals surface area contributed by atoms with Crippen LogP contribution in [0.5, 0.6) is 0 Å². The Morgan fingerprint density at radius 3 is 3.00 bits per heavy atom. The van der Waals surface area contributed by atoms with E-state index < -0.39 is 0 Å². The molecule has 1 rings (SSSR count). The SMILES string of the molecule is CCCC(=O)Nc1cncc(Br)c1. The molecule has 70 valence electrons. The molecule has 1 amide bonds. The van der Waals surface area contributed by atoms with Crippen molar-refractivity contribution in [2.45, 2.75) is 19.8 Å². The van der Waals surface area contributed by atoms with Crippen LogP contribution < -0.4 is 5.32 Å². The van der Waals surface area contributed by atoms with Crippen molar-refractivity contribution in [2.24, 2.45) is 0 Å². The van der Waals surface area contributed by atoms with Gasteiger partial charge in [0.2, 0.25) is 5.91 Å². The molecule has 0 aliphatic heterocycles. The highest BCUT2D eigenvalue weighted by Crippen LogP contribution is 2.13. The molecule has 1 N–H and O–H groups in total. The van der Waals surface area contributed by atoms with E-state index in [4.69, 9.17) is 0 Å². The van der Waals surface area contributed by atoms with Crippen molar-refractivity contribution in [3.8, 4) is 0 Å². The van der Waals surface area contributed by atoms with Crippen molar-refractivity contribution in [3.05, 3.63) is 22.9 Å². The molecule has 0 fully saturated rings. The van der Waals surface area contributed by atoms with Crippen LogP contribution in [0.2, 0.25) is 0 Å². The van der Waals surface area contributed by atoms with Crippen molar-refractivity contribution in [1.82, 2.24) is 4.98 Å². The summed E-state index contributed by atoms with van der Waals surface area (Å²) in [5.41, 5.74) is 0.729. The molecule has 0 radical (unpaired) electrons. The Morgan fingerprint density at radius 2 is 2.38 bits per heavy atom. The summed E-state index contributed by atoms with van der Waals surface area (Å²) in [4.78, 5) is 15.1.